The number of hydrogen-bond donors (Lipinski definition) is 2. The molecular weight excluding hydrogens is 600 g/mol. The smallest absolute Gasteiger partial charge is 0.258 e. The van der Waals surface area contributed by atoms with Crippen molar-refractivity contribution >= 4 is 17.5 Å². The molecule has 2 aliphatic heterocycles. The third-order valence-corrected chi connectivity index (χ3v) is 8.63. The van der Waals surface area contributed by atoms with Gasteiger partial charge in [-0.2, -0.15) is 0 Å². The van der Waals surface area contributed by atoms with Gasteiger partial charge in [-0.3, -0.25) is 19.5 Å². The average molecular weight is 647 g/mol. The SMILES string of the molecule is C[C@H]1CCCCO[C@H](CN(C)Cc2ccc3c(c2)OCO3)[C@@H](C)CN([C@@H](C)CO)C(=O)c2cc(NC(=O)c3ccncc3)ccc2O1. The summed E-state index contributed by atoms with van der Waals surface area (Å²) in [6, 6.07) is 13.9. The van der Waals surface area contributed by atoms with Gasteiger partial charge in [0.1, 0.15) is 5.75 Å². The summed E-state index contributed by atoms with van der Waals surface area (Å²) in [5.41, 5.74) is 2.35. The molecule has 11 nitrogen and oxygen atoms in total. The highest BCUT2D eigenvalue weighted by molar-refractivity contribution is 6.05. The molecule has 0 aliphatic carbocycles. The normalized spacial score (nSPS) is 21.0. The molecule has 0 fully saturated rings. The third-order valence-electron chi connectivity index (χ3n) is 8.63. The summed E-state index contributed by atoms with van der Waals surface area (Å²) in [5.74, 6) is 1.29. The van der Waals surface area contributed by atoms with Gasteiger partial charge in [-0.05, 0) is 88.2 Å². The summed E-state index contributed by atoms with van der Waals surface area (Å²) in [6.07, 6.45) is 5.37. The van der Waals surface area contributed by atoms with E-state index in [4.69, 9.17) is 18.9 Å². The van der Waals surface area contributed by atoms with Crippen LogP contribution in [0.25, 0.3) is 0 Å². The molecule has 11 heteroatoms. The molecule has 47 heavy (non-hydrogen) atoms. The number of carbonyl (C=O) groups is 2. The number of ether oxygens (including phenoxy) is 4. The zero-order chi connectivity index (χ0) is 33.3. The van der Waals surface area contributed by atoms with Crippen molar-refractivity contribution in [3.63, 3.8) is 0 Å². The number of benzene rings is 2. The van der Waals surface area contributed by atoms with Crippen LogP contribution in [0.3, 0.4) is 0 Å². The van der Waals surface area contributed by atoms with Gasteiger partial charge in [-0.25, -0.2) is 0 Å². The van der Waals surface area contributed by atoms with Gasteiger partial charge in [0.15, 0.2) is 11.5 Å². The zero-order valence-corrected chi connectivity index (χ0v) is 27.7. The van der Waals surface area contributed by atoms with Gasteiger partial charge in [0.25, 0.3) is 11.8 Å². The first-order valence-electron chi connectivity index (χ1n) is 16.3. The molecule has 0 saturated heterocycles. The molecule has 2 amide bonds. The summed E-state index contributed by atoms with van der Waals surface area (Å²) in [4.78, 5) is 35.2. The van der Waals surface area contributed by atoms with E-state index in [0.29, 0.717) is 48.8 Å². The lowest BCUT2D eigenvalue weighted by atomic mass is 10.0. The number of anilines is 1. The van der Waals surface area contributed by atoms with Gasteiger partial charge in [-0.15, -0.1) is 0 Å². The molecule has 3 heterocycles. The number of aliphatic hydroxyl groups excluding tert-OH is 1. The summed E-state index contributed by atoms with van der Waals surface area (Å²) >= 11 is 0. The average Bonchev–Trinajstić information content (AvgIpc) is 3.54. The van der Waals surface area contributed by atoms with Crippen LogP contribution in [-0.2, 0) is 11.3 Å². The van der Waals surface area contributed by atoms with E-state index in [9.17, 15) is 14.7 Å². The quantitative estimate of drug-likeness (QED) is 0.349. The van der Waals surface area contributed by atoms with Crippen molar-refractivity contribution < 1.29 is 33.6 Å². The highest BCUT2D eigenvalue weighted by atomic mass is 16.7. The Balaban J connectivity index is 1.38. The molecule has 2 aromatic carbocycles. The van der Waals surface area contributed by atoms with E-state index >= 15 is 0 Å². The molecule has 5 rings (SSSR count). The largest absolute Gasteiger partial charge is 0.490 e. The number of pyridine rings is 1. The number of rotatable bonds is 8. The number of hydrogen-bond acceptors (Lipinski definition) is 9. The topological polar surface area (TPSA) is 123 Å². The number of aromatic nitrogens is 1. The summed E-state index contributed by atoms with van der Waals surface area (Å²) in [6.45, 7) is 8.21. The van der Waals surface area contributed by atoms with E-state index in [1.165, 1.54) is 0 Å². The van der Waals surface area contributed by atoms with Gasteiger partial charge < -0.3 is 34.3 Å². The van der Waals surface area contributed by atoms with Crippen molar-refractivity contribution in [3.8, 4) is 17.2 Å². The number of aliphatic hydroxyl groups is 1. The molecule has 0 radical (unpaired) electrons. The van der Waals surface area contributed by atoms with Crippen molar-refractivity contribution in [1.82, 2.24) is 14.8 Å². The second kappa shape index (κ2) is 16.1. The van der Waals surface area contributed by atoms with Crippen LogP contribution in [0, 0.1) is 5.92 Å². The molecule has 2 N–H and O–H groups in total. The Morgan fingerprint density at radius 3 is 2.62 bits per heavy atom. The summed E-state index contributed by atoms with van der Waals surface area (Å²) in [5, 5.41) is 13.1. The molecule has 1 aromatic heterocycles. The second-order valence-electron chi connectivity index (χ2n) is 12.6. The molecular formula is C36H46N4O7. The minimum Gasteiger partial charge on any atom is -0.490 e. The van der Waals surface area contributed by atoms with Crippen molar-refractivity contribution in [1.29, 1.82) is 0 Å². The number of amides is 2. The lowest BCUT2D eigenvalue weighted by Crippen LogP contribution is -2.47. The molecule has 2 aliphatic rings. The van der Waals surface area contributed by atoms with Crippen LogP contribution >= 0.6 is 0 Å². The Kier molecular flexibility index (Phi) is 11.7. The summed E-state index contributed by atoms with van der Waals surface area (Å²) in [7, 11) is 2.06. The number of carbonyl (C=O) groups excluding carboxylic acids is 2. The fourth-order valence-electron chi connectivity index (χ4n) is 5.89. The van der Waals surface area contributed by atoms with Gasteiger partial charge >= 0.3 is 0 Å². The fourth-order valence-corrected chi connectivity index (χ4v) is 5.89. The maximum Gasteiger partial charge on any atom is 0.258 e. The van der Waals surface area contributed by atoms with Crippen LogP contribution in [0.4, 0.5) is 5.69 Å². The highest BCUT2D eigenvalue weighted by Crippen LogP contribution is 2.33. The molecule has 0 spiro atoms. The standard InChI is InChI=1S/C36H46N4O7/c1-24-19-40(25(2)22-41)36(43)30-18-29(38-35(42)28-12-14-37-15-13-28)9-11-31(30)47-26(3)7-5-6-16-44-34(24)21-39(4)20-27-8-10-32-33(17-27)46-23-45-32/h8-15,17-18,24-26,34,41H,5-7,16,19-23H2,1-4H3,(H,38,42)/t24-,25-,26-,34+/m0/s1. The van der Waals surface area contributed by atoms with Crippen LogP contribution in [0.15, 0.2) is 60.9 Å². The van der Waals surface area contributed by atoms with E-state index in [1.807, 2.05) is 32.0 Å². The van der Waals surface area contributed by atoms with Crippen LogP contribution in [0.1, 0.15) is 66.3 Å². The van der Waals surface area contributed by atoms with Crippen molar-refractivity contribution in [3.05, 3.63) is 77.6 Å². The van der Waals surface area contributed by atoms with Crippen LogP contribution < -0.4 is 19.5 Å². The maximum absolute atomic E-state index is 14.4. The third kappa shape index (κ3) is 9.00. The highest BCUT2D eigenvalue weighted by Gasteiger charge is 2.30. The van der Waals surface area contributed by atoms with Gasteiger partial charge in [0, 0.05) is 55.8 Å². The molecule has 3 aromatic rings. The van der Waals surface area contributed by atoms with E-state index in [2.05, 4.69) is 29.2 Å². The van der Waals surface area contributed by atoms with E-state index in [-0.39, 0.29) is 43.3 Å². The van der Waals surface area contributed by atoms with Crippen molar-refractivity contribution in [2.75, 3.05) is 45.5 Å². The van der Waals surface area contributed by atoms with Gasteiger partial charge in [-0.1, -0.05) is 13.0 Å². The predicted molar refractivity (Wildman–Crippen MR) is 178 cm³/mol. The van der Waals surface area contributed by atoms with Crippen LogP contribution in [0.2, 0.25) is 0 Å². The minimum atomic E-state index is -0.467. The minimum absolute atomic E-state index is 0.0621. The van der Waals surface area contributed by atoms with E-state index in [1.54, 1.807) is 47.6 Å². The predicted octanol–water partition coefficient (Wildman–Crippen LogP) is 4.99. The van der Waals surface area contributed by atoms with E-state index < -0.39 is 6.04 Å². The number of likely N-dealkylation sites (N-methyl/N-ethyl adjacent to an activating group) is 1. The van der Waals surface area contributed by atoms with Crippen molar-refractivity contribution in [2.45, 2.75) is 64.8 Å². The number of fused-ring (bicyclic) bond motifs is 2. The maximum atomic E-state index is 14.4. The van der Waals surface area contributed by atoms with Gasteiger partial charge in [0.05, 0.1) is 30.4 Å². The Hall–Kier alpha value is -4.19. The lowest BCUT2D eigenvalue weighted by Gasteiger charge is -2.36. The number of nitrogens with one attached hydrogen (secondary N) is 1. The monoisotopic (exact) mass is 646 g/mol. The van der Waals surface area contributed by atoms with E-state index in [0.717, 1.165) is 36.3 Å². The molecule has 0 unspecified atom stereocenters. The Morgan fingerprint density at radius 1 is 1.06 bits per heavy atom. The Bertz CT molecular complexity index is 1500. The zero-order valence-electron chi connectivity index (χ0n) is 27.7. The van der Waals surface area contributed by atoms with Crippen molar-refractivity contribution in [2.24, 2.45) is 5.92 Å². The van der Waals surface area contributed by atoms with Crippen LogP contribution in [0.5, 0.6) is 17.2 Å². The summed E-state index contributed by atoms with van der Waals surface area (Å²) < 4.78 is 23.8. The molecule has 4 atom stereocenters. The molecule has 0 bridgehead atoms. The molecule has 252 valence electrons. The Labute approximate surface area is 276 Å². The first-order valence-corrected chi connectivity index (χ1v) is 16.3. The van der Waals surface area contributed by atoms with Gasteiger partial charge in [0.2, 0.25) is 6.79 Å². The fraction of sp³-hybridized carbons (Fsp3) is 0.472. The number of nitrogens with zero attached hydrogens (tertiary/aromatic N) is 3. The Morgan fingerprint density at radius 2 is 1.83 bits per heavy atom. The van der Waals surface area contributed by atoms with Crippen LogP contribution in [-0.4, -0.2) is 90.1 Å². The second-order valence-corrected chi connectivity index (χ2v) is 12.6. The molecule has 0 saturated carbocycles. The first kappa shape index (κ1) is 34.2. The first-order chi connectivity index (χ1) is 22.7. The lowest BCUT2D eigenvalue weighted by molar-refractivity contribution is -0.0177.